The molecule has 5 unspecified atom stereocenters. The van der Waals surface area contributed by atoms with Gasteiger partial charge in [0.2, 0.25) is 0 Å². The second-order valence-corrected chi connectivity index (χ2v) is 5.09. The molecule has 2 aliphatic carbocycles. The van der Waals surface area contributed by atoms with E-state index < -0.39 is 5.41 Å². The second-order valence-electron chi connectivity index (χ2n) is 5.09. The summed E-state index contributed by atoms with van der Waals surface area (Å²) in [5.41, 5.74) is -0.832. The first-order valence-corrected chi connectivity index (χ1v) is 5.97. The van der Waals surface area contributed by atoms with Crippen LogP contribution < -0.4 is 0 Å². The molecule has 4 heteroatoms. The Hall–Kier alpha value is -1.08. The minimum absolute atomic E-state index is 0.0397. The van der Waals surface area contributed by atoms with Crippen LogP contribution in [0.15, 0.2) is 0 Å². The molecule has 3 fully saturated rings. The van der Waals surface area contributed by atoms with Gasteiger partial charge in [0.15, 0.2) is 5.41 Å². The standard InChI is InChI=1S/C12H15NO3/c1-2-3-15-9-7-4-8-10(9)16-11(14)12(8,5-7)6-13/h7-10H,2-5H2,1H3. The molecular formula is C12H15NO3. The third kappa shape index (κ3) is 0.997. The summed E-state index contributed by atoms with van der Waals surface area (Å²) in [7, 11) is 0. The van der Waals surface area contributed by atoms with Gasteiger partial charge >= 0.3 is 5.97 Å². The topological polar surface area (TPSA) is 59.3 Å². The lowest BCUT2D eigenvalue weighted by molar-refractivity contribution is -0.148. The van der Waals surface area contributed by atoms with Gasteiger partial charge < -0.3 is 9.47 Å². The maximum atomic E-state index is 11.8. The van der Waals surface area contributed by atoms with Crippen molar-refractivity contribution in [2.45, 2.75) is 38.4 Å². The number of nitriles is 1. The van der Waals surface area contributed by atoms with Gasteiger partial charge in [-0.05, 0) is 25.2 Å². The summed E-state index contributed by atoms with van der Waals surface area (Å²) in [5.74, 6) is 0.111. The number of fused-ring (bicyclic) bond motifs is 1. The highest BCUT2D eigenvalue weighted by Crippen LogP contribution is 2.62. The fourth-order valence-corrected chi connectivity index (χ4v) is 3.61. The van der Waals surface area contributed by atoms with Crippen LogP contribution in [-0.2, 0) is 14.3 Å². The number of nitrogens with zero attached hydrogens (tertiary/aromatic N) is 1. The molecule has 4 nitrogen and oxygen atoms in total. The molecule has 3 rings (SSSR count). The minimum Gasteiger partial charge on any atom is -0.458 e. The number of hydrogen-bond acceptors (Lipinski definition) is 4. The molecule has 0 radical (unpaired) electrons. The van der Waals surface area contributed by atoms with Gasteiger partial charge in [-0.15, -0.1) is 0 Å². The Morgan fingerprint density at radius 3 is 3.19 bits per heavy atom. The van der Waals surface area contributed by atoms with E-state index in [4.69, 9.17) is 9.47 Å². The van der Waals surface area contributed by atoms with E-state index in [0.717, 1.165) is 12.8 Å². The van der Waals surface area contributed by atoms with E-state index in [9.17, 15) is 10.1 Å². The van der Waals surface area contributed by atoms with E-state index in [2.05, 4.69) is 13.0 Å². The molecule has 1 heterocycles. The summed E-state index contributed by atoms with van der Waals surface area (Å²) >= 11 is 0. The van der Waals surface area contributed by atoms with E-state index >= 15 is 0 Å². The zero-order valence-electron chi connectivity index (χ0n) is 9.31. The molecule has 1 saturated heterocycles. The van der Waals surface area contributed by atoms with Gasteiger partial charge in [-0.25, -0.2) is 0 Å². The zero-order valence-corrected chi connectivity index (χ0v) is 9.31. The van der Waals surface area contributed by atoms with Crippen molar-refractivity contribution in [1.29, 1.82) is 5.26 Å². The van der Waals surface area contributed by atoms with Crippen LogP contribution in [0, 0.1) is 28.6 Å². The predicted octanol–water partition coefficient (Wildman–Crippen LogP) is 1.26. The molecule has 0 N–H and O–H groups in total. The highest BCUT2D eigenvalue weighted by molar-refractivity contribution is 5.84. The number of carbonyl (C=O) groups is 1. The summed E-state index contributed by atoms with van der Waals surface area (Å²) in [4.78, 5) is 11.8. The first kappa shape index (κ1) is 10.1. The van der Waals surface area contributed by atoms with E-state index in [1.807, 2.05) is 0 Å². The largest absolute Gasteiger partial charge is 0.458 e. The van der Waals surface area contributed by atoms with Gasteiger partial charge in [-0.1, -0.05) is 6.92 Å². The Labute approximate surface area is 94.5 Å². The molecule has 0 spiro atoms. The molecule has 1 aliphatic heterocycles. The Morgan fingerprint density at radius 1 is 1.69 bits per heavy atom. The van der Waals surface area contributed by atoms with Gasteiger partial charge in [0, 0.05) is 12.5 Å². The van der Waals surface area contributed by atoms with Crippen molar-refractivity contribution in [2.24, 2.45) is 17.3 Å². The maximum Gasteiger partial charge on any atom is 0.327 e. The van der Waals surface area contributed by atoms with Gasteiger partial charge in [0.05, 0.1) is 12.2 Å². The van der Waals surface area contributed by atoms with Crippen LogP contribution >= 0.6 is 0 Å². The summed E-state index contributed by atoms with van der Waals surface area (Å²) in [6.45, 7) is 2.77. The minimum atomic E-state index is -0.832. The van der Waals surface area contributed by atoms with Crippen LogP contribution in [0.3, 0.4) is 0 Å². The number of hydrogen-bond donors (Lipinski definition) is 0. The molecular weight excluding hydrogens is 206 g/mol. The Morgan fingerprint density at radius 2 is 2.50 bits per heavy atom. The Bertz CT molecular complexity index is 375. The van der Waals surface area contributed by atoms with Gasteiger partial charge in [0.1, 0.15) is 6.10 Å². The number of ether oxygens (including phenoxy) is 2. The van der Waals surface area contributed by atoms with Crippen molar-refractivity contribution in [2.75, 3.05) is 6.61 Å². The first-order chi connectivity index (χ1) is 7.73. The fraction of sp³-hybridized carbons (Fsp3) is 0.833. The van der Waals surface area contributed by atoms with Crippen LogP contribution in [0.5, 0.6) is 0 Å². The molecule has 5 atom stereocenters. The molecule has 86 valence electrons. The van der Waals surface area contributed by atoms with Crippen molar-refractivity contribution >= 4 is 5.97 Å². The third-order valence-corrected chi connectivity index (χ3v) is 4.28. The van der Waals surface area contributed by atoms with Gasteiger partial charge in [-0.3, -0.25) is 4.79 Å². The molecule has 2 bridgehead atoms. The molecule has 0 aromatic carbocycles. The smallest absolute Gasteiger partial charge is 0.327 e. The molecule has 3 aliphatic rings. The molecule has 16 heavy (non-hydrogen) atoms. The van der Waals surface area contributed by atoms with Crippen LogP contribution in [0.2, 0.25) is 0 Å². The Kier molecular flexibility index (Phi) is 2.02. The normalized spacial score (nSPS) is 48.1. The van der Waals surface area contributed by atoms with Crippen LogP contribution in [0.25, 0.3) is 0 Å². The predicted molar refractivity (Wildman–Crippen MR) is 54.2 cm³/mol. The number of esters is 1. The average molecular weight is 221 g/mol. The van der Waals surface area contributed by atoms with E-state index in [1.54, 1.807) is 0 Å². The third-order valence-electron chi connectivity index (χ3n) is 4.28. The van der Waals surface area contributed by atoms with E-state index in [0.29, 0.717) is 18.9 Å². The first-order valence-electron chi connectivity index (χ1n) is 5.97. The van der Waals surface area contributed by atoms with Crippen molar-refractivity contribution in [3.05, 3.63) is 0 Å². The summed E-state index contributed by atoms with van der Waals surface area (Å²) < 4.78 is 11.1. The fourth-order valence-electron chi connectivity index (χ4n) is 3.61. The van der Waals surface area contributed by atoms with Gasteiger partial charge in [0.25, 0.3) is 0 Å². The van der Waals surface area contributed by atoms with Crippen LogP contribution in [0.4, 0.5) is 0 Å². The average Bonchev–Trinajstić information content (AvgIpc) is 2.86. The van der Waals surface area contributed by atoms with Crippen LogP contribution in [-0.4, -0.2) is 24.8 Å². The van der Waals surface area contributed by atoms with E-state index in [1.165, 1.54) is 0 Å². The lowest BCUT2D eigenvalue weighted by Crippen LogP contribution is -2.38. The lowest BCUT2D eigenvalue weighted by Gasteiger charge is -2.27. The van der Waals surface area contributed by atoms with Crippen molar-refractivity contribution in [1.82, 2.24) is 0 Å². The summed E-state index contributed by atoms with van der Waals surface area (Å²) in [6, 6.07) is 2.20. The zero-order chi connectivity index (χ0) is 11.3. The maximum absolute atomic E-state index is 11.8. The van der Waals surface area contributed by atoms with Crippen molar-refractivity contribution in [3.63, 3.8) is 0 Å². The van der Waals surface area contributed by atoms with Crippen LogP contribution in [0.1, 0.15) is 26.2 Å². The lowest BCUT2D eigenvalue weighted by atomic mass is 9.75. The monoisotopic (exact) mass is 221 g/mol. The van der Waals surface area contributed by atoms with E-state index in [-0.39, 0.29) is 24.1 Å². The highest BCUT2D eigenvalue weighted by Gasteiger charge is 2.71. The Balaban J connectivity index is 1.85. The second kappa shape index (κ2) is 3.21. The molecule has 0 aromatic rings. The highest BCUT2D eigenvalue weighted by atomic mass is 16.6. The quantitative estimate of drug-likeness (QED) is 0.673. The number of carbonyl (C=O) groups excluding carboxylic acids is 1. The molecule has 0 amide bonds. The summed E-state index contributed by atoms with van der Waals surface area (Å²) in [6.07, 6.45) is 2.41. The van der Waals surface area contributed by atoms with Crippen molar-refractivity contribution < 1.29 is 14.3 Å². The van der Waals surface area contributed by atoms with Crippen molar-refractivity contribution in [3.8, 4) is 6.07 Å². The molecule has 2 saturated carbocycles. The van der Waals surface area contributed by atoms with Gasteiger partial charge in [-0.2, -0.15) is 5.26 Å². The molecule has 0 aromatic heterocycles. The number of rotatable bonds is 3. The summed E-state index contributed by atoms with van der Waals surface area (Å²) in [5, 5.41) is 9.21. The SMILES string of the molecule is CCCOC1C2CC3C1OC(=O)C3(C#N)C2.